The van der Waals surface area contributed by atoms with Crippen molar-refractivity contribution in [1.29, 1.82) is 0 Å². The molecule has 0 fully saturated rings. The molecule has 0 spiro atoms. The molecule has 28 heavy (non-hydrogen) atoms. The molecule has 2 aromatic carbocycles. The van der Waals surface area contributed by atoms with E-state index in [0.717, 1.165) is 22.4 Å². The SMILES string of the molecule is CCN(Cc1ccc2c(c1)OCCO2)C(=O)COC(=O)Cc1ccc(C)cc1. The highest BCUT2D eigenvalue weighted by Crippen LogP contribution is 2.31. The van der Waals surface area contributed by atoms with Gasteiger partial charge in [-0.1, -0.05) is 35.9 Å². The van der Waals surface area contributed by atoms with E-state index >= 15 is 0 Å². The second-order valence-corrected chi connectivity index (χ2v) is 6.71. The standard InChI is InChI=1S/C22H25NO5/c1-3-23(14-18-8-9-19-20(12-18)27-11-10-26-19)21(24)15-28-22(25)13-17-6-4-16(2)5-7-17/h4-9,12H,3,10-11,13-15H2,1-2H3. The molecule has 1 heterocycles. The smallest absolute Gasteiger partial charge is 0.310 e. The first-order chi connectivity index (χ1) is 13.5. The third-order valence-electron chi connectivity index (χ3n) is 4.54. The number of amides is 1. The molecule has 0 atom stereocenters. The normalized spacial score (nSPS) is 12.4. The summed E-state index contributed by atoms with van der Waals surface area (Å²) in [6, 6.07) is 13.3. The summed E-state index contributed by atoms with van der Waals surface area (Å²) in [5.74, 6) is 0.772. The maximum absolute atomic E-state index is 12.5. The fourth-order valence-corrected chi connectivity index (χ4v) is 2.94. The number of rotatable bonds is 7. The number of carbonyl (C=O) groups excluding carboxylic acids is 2. The lowest BCUT2D eigenvalue weighted by molar-refractivity contribution is -0.151. The summed E-state index contributed by atoms with van der Waals surface area (Å²) in [7, 11) is 0. The lowest BCUT2D eigenvalue weighted by Gasteiger charge is -2.23. The van der Waals surface area contributed by atoms with Gasteiger partial charge in [0.1, 0.15) is 13.2 Å². The van der Waals surface area contributed by atoms with Crippen LogP contribution in [0.15, 0.2) is 42.5 Å². The van der Waals surface area contributed by atoms with E-state index in [1.807, 2.05) is 56.3 Å². The molecule has 1 aliphatic heterocycles. The molecule has 0 aliphatic carbocycles. The Balaban J connectivity index is 1.51. The molecule has 0 N–H and O–H groups in total. The molecule has 0 saturated heterocycles. The molecule has 6 nitrogen and oxygen atoms in total. The number of benzene rings is 2. The zero-order valence-electron chi connectivity index (χ0n) is 16.3. The number of carbonyl (C=O) groups is 2. The molecule has 0 unspecified atom stereocenters. The average Bonchev–Trinajstić information content (AvgIpc) is 2.71. The number of aryl methyl sites for hydroxylation is 1. The number of likely N-dealkylation sites (N-methyl/N-ethyl adjacent to an activating group) is 1. The first kappa shape index (κ1) is 19.7. The molecular weight excluding hydrogens is 358 g/mol. The van der Waals surface area contributed by atoms with E-state index < -0.39 is 5.97 Å². The zero-order chi connectivity index (χ0) is 19.9. The van der Waals surface area contributed by atoms with Crippen molar-refractivity contribution < 1.29 is 23.8 Å². The lowest BCUT2D eigenvalue weighted by atomic mass is 10.1. The van der Waals surface area contributed by atoms with Gasteiger partial charge in [-0.25, -0.2) is 0 Å². The van der Waals surface area contributed by atoms with Crippen molar-refractivity contribution in [2.45, 2.75) is 26.8 Å². The van der Waals surface area contributed by atoms with Gasteiger partial charge in [0.25, 0.3) is 5.91 Å². The highest BCUT2D eigenvalue weighted by Gasteiger charge is 2.17. The van der Waals surface area contributed by atoms with Gasteiger partial charge in [-0.15, -0.1) is 0 Å². The first-order valence-electron chi connectivity index (χ1n) is 9.42. The Hall–Kier alpha value is -3.02. The van der Waals surface area contributed by atoms with Crippen LogP contribution in [0.2, 0.25) is 0 Å². The summed E-state index contributed by atoms with van der Waals surface area (Å²) in [6.45, 7) is 5.61. The van der Waals surface area contributed by atoms with Crippen molar-refractivity contribution in [3.63, 3.8) is 0 Å². The van der Waals surface area contributed by atoms with Gasteiger partial charge < -0.3 is 19.1 Å². The van der Waals surface area contributed by atoms with Gasteiger partial charge in [0.2, 0.25) is 0 Å². The van der Waals surface area contributed by atoms with E-state index in [2.05, 4.69) is 0 Å². The van der Waals surface area contributed by atoms with Crippen LogP contribution in [0.5, 0.6) is 11.5 Å². The monoisotopic (exact) mass is 383 g/mol. The fourth-order valence-electron chi connectivity index (χ4n) is 2.94. The third-order valence-corrected chi connectivity index (χ3v) is 4.54. The quantitative estimate of drug-likeness (QED) is 0.688. The number of hydrogen-bond donors (Lipinski definition) is 0. The summed E-state index contributed by atoms with van der Waals surface area (Å²) in [5.41, 5.74) is 2.93. The van der Waals surface area contributed by atoms with Gasteiger partial charge >= 0.3 is 5.97 Å². The Bertz CT molecular complexity index is 831. The van der Waals surface area contributed by atoms with E-state index in [1.54, 1.807) is 4.90 Å². The number of fused-ring (bicyclic) bond motifs is 1. The molecule has 0 aromatic heterocycles. The summed E-state index contributed by atoms with van der Waals surface area (Å²) in [6.07, 6.45) is 0.155. The van der Waals surface area contributed by atoms with E-state index in [9.17, 15) is 9.59 Å². The van der Waals surface area contributed by atoms with Gasteiger partial charge in [-0.2, -0.15) is 0 Å². The summed E-state index contributed by atoms with van der Waals surface area (Å²) in [5, 5.41) is 0. The van der Waals surface area contributed by atoms with E-state index in [4.69, 9.17) is 14.2 Å². The van der Waals surface area contributed by atoms with Crippen LogP contribution >= 0.6 is 0 Å². The fraction of sp³-hybridized carbons (Fsp3) is 0.364. The Morgan fingerprint density at radius 2 is 1.68 bits per heavy atom. The van der Waals surface area contributed by atoms with Crippen LogP contribution in [0, 0.1) is 6.92 Å². The topological polar surface area (TPSA) is 65.1 Å². The number of nitrogens with zero attached hydrogens (tertiary/aromatic N) is 1. The summed E-state index contributed by atoms with van der Waals surface area (Å²) >= 11 is 0. The molecule has 0 radical (unpaired) electrons. The minimum atomic E-state index is -0.410. The molecule has 148 valence electrons. The molecular formula is C22H25NO5. The Morgan fingerprint density at radius 1 is 1.00 bits per heavy atom. The van der Waals surface area contributed by atoms with Crippen molar-refractivity contribution >= 4 is 11.9 Å². The zero-order valence-corrected chi connectivity index (χ0v) is 16.3. The highest BCUT2D eigenvalue weighted by molar-refractivity contribution is 5.81. The van der Waals surface area contributed by atoms with Crippen LogP contribution in [-0.4, -0.2) is 43.1 Å². The first-order valence-corrected chi connectivity index (χ1v) is 9.42. The second-order valence-electron chi connectivity index (χ2n) is 6.71. The highest BCUT2D eigenvalue weighted by atomic mass is 16.6. The van der Waals surface area contributed by atoms with Gasteiger partial charge in [-0.05, 0) is 37.1 Å². The average molecular weight is 383 g/mol. The second kappa shape index (κ2) is 9.26. The largest absolute Gasteiger partial charge is 0.486 e. The molecule has 3 rings (SSSR count). The van der Waals surface area contributed by atoms with Crippen molar-refractivity contribution in [1.82, 2.24) is 4.90 Å². The predicted octanol–water partition coefficient (Wildman–Crippen LogP) is 2.90. The molecule has 6 heteroatoms. The Labute approximate surface area is 165 Å². The summed E-state index contributed by atoms with van der Waals surface area (Å²) < 4.78 is 16.3. The number of ether oxygens (including phenoxy) is 3. The van der Waals surface area contributed by atoms with Crippen LogP contribution in [0.4, 0.5) is 0 Å². The van der Waals surface area contributed by atoms with Crippen LogP contribution < -0.4 is 9.47 Å². The minimum Gasteiger partial charge on any atom is -0.486 e. The van der Waals surface area contributed by atoms with Gasteiger partial charge in [0.15, 0.2) is 18.1 Å². The number of esters is 1. The maximum Gasteiger partial charge on any atom is 0.310 e. The van der Waals surface area contributed by atoms with Gasteiger partial charge in [-0.3, -0.25) is 9.59 Å². The molecule has 0 saturated carbocycles. The Morgan fingerprint density at radius 3 is 2.39 bits per heavy atom. The van der Waals surface area contributed by atoms with Crippen LogP contribution in [0.3, 0.4) is 0 Å². The van der Waals surface area contributed by atoms with Gasteiger partial charge in [0, 0.05) is 13.1 Å². The Kier molecular flexibility index (Phi) is 6.53. The summed E-state index contributed by atoms with van der Waals surface area (Å²) in [4.78, 5) is 26.1. The van der Waals surface area contributed by atoms with Crippen molar-refractivity contribution in [2.24, 2.45) is 0 Å². The van der Waals surface area contributed by atoms with Gasteiger partial charge in [0.05, 0.1) is 6.42 Å². The van der Waals surface area contributed by atoms with E-state index in [-0.39, 0.29) is 18.9 Å². The molecule has 1 amide bonds. The van der Waals surface area contributed by atoms with E-state index in [1.165, 1.54) is 0 Å². The van der Waals surface area contributed by atoms with Crippen molar-refractivity contribution in [3.05, 3.63) is 59.2 Å². The van der Waals surface area contributed by atoms with Crippen LogP contribution in [-0.2, 0) is 27.3 Å². The third kappa shape index (κ3) is 5.25. The predicted molar refractivity (Wildman–Crippen MR) is 104 cm³/mol. The minimum absolute atomic E-state index is 0.155. The van der Waals surface area contributed by atoms with Crippen molar-refractivity contribution in [3.8, 4) is 11.5 Å². The molecule has 1 aliphatic rings. The van der Waals surface area contributed by atoms with Crippen LogP contribution in [0.25, 0.3) is 0 Å². The molecule has 0 bridgehead atoms. The number of hydrogen-bond acceptors (Lipinski definition) is 5. The van der Waals surface area contributed by atoms with Crippen molar-refractivity contribution in [2.75, 3.05) is 26.4 Å². The van der Waals surface area contributed by atoms with E-state index in [0.29, 0.717) is 32.1 Å². The lowest BCUT2D eigenvalue weighted by Crippen LogP contribution is -2.34. The van der Waals surface area contributed by atoms with Crippen LogP contribution in [0.1, 0.15) is 23.6 Å². The maximum atomic E-state index is 12.5. The molecule has 2 aromatic rings.